The molecule has 0 bridgehead atoms. The molecule has 0 aliphatic carbocycles. The summed E-state index contributed by atoms with van der Waals surface area (Å²) in [6.45, 7) is 6.63. The van der Waals surface area contributed by atoms with Crippen molar-refractivity contribution in [2.24, 2.45) is 5.92 Å². The highest BCUT2D eigenvalue weighted by molar-refractivity contribution is 5.99. The molecule has 0 aromatic heterocycles. The lowest BCUT2D eigenvalue weighted by atomic mass is 10.1. The van der Waals surface area contributed by atoms with E-state index in [4.69, 9.17) is 4.74 Å². The number of carbonyl (C=O) groups is 2. The number of rotatable bonds is 5. The molecule has 2 aromatic rings. The second-order valence-electron chi connectivity index (χ2n) is 6.01. The Morgan fingerprint density at radius 3 is 2.21 bits per heavy atom. The first kappa shape index (κ1) is 17.5. The van der Waals surface area contributed by atoms with Gasteiger partial charge in [0.1, 0.15) is 5.75 Å². The molecule has 0 unspecified atom stereocenters. The maximum atomic E-state index is 12.1. The number of nitrogens with one attached hydrogen (secondary N) is 2. The first-order valence-corrected chi connectivity index (χ1v) is 7.86. The van der Waals surface area contributed by atoms with E-state index in [-0.39, 0.29) is 5.91 Å². The van der Waals surface area contributed by atoms with Gasteiger partial charge >= 0.3 is 0 Å². The van der Waals surface area contributed by atoms with Crippen molar-refractivity contribution < 1.29 is 14.3 Å². The maximum Gasteiger partial charge on any atom is 0.269 e. The lowest BCUT2D eigenvalue weighted by Crippen LogP contribution is -2.41. The van der Waals surface area contributed by atoms with Crippen molar-refractivity contribution in [3.63, 3.8) is 0 Å². The summed E-state index contributed by atoms with van der Waals surface area (Å²) < 4.78 is 5.60. The molecule has 0 fully saturated rings. The molecule has 0 aliphatic heterocycles. The first-order chi connectivity index (χ1) is 11.5. The number of hydrogen-bond acceptors (Lipinski definition) is 3. The van der Waals surface area contributed by atoms with E-state index in [2.05, 4.69) is 24.7 Å². The van der Waals surface area contributed by atoms with Crippen LogP contribution in [0.15, 0.2) is 48.5 Å². The Bertz CT molecular complexity index is 709. The fraction of sp³-hybridized carbons (Fsp3) is 0.263. The summed E-state index contributed by atoms with van der Waals surface area (Å²) in [5.74, 6) is 0.263. The summed E-state index contributed by atoms with van der Waals surface area (Å²) in [4.78, 5) is 24.1. The van der Waals surface area contributed by atoms with E-state index in [0.717, 1.165) is 5.56 Å². The van der Waals surface area contributed by atoms with Crippen molar-refractivity contribution >= 4 is 11.8 Å². The zero-order chi connectivity index (χ0) is 17.5. The van der Waals surface area contributed by atoms with Crippen LogP contribution in [0.25, 0.3) is 0 Å². The second kappa shape index (κ2) is 8.15. The molecular formula is C19H22N2O3. The van der Waals surface area contributed by atoms with E-state index in [1.165, 1.54) is 0 Å². The molecule has 2 N–H and O–H groups in total. The van der Waals surface area contributed by atoms with Crippen LogP contribution in [-0.4, -0.2) is 18.4 Å². The number of aryl methyl sites for hydroxylation is 1. The standard InChI is InChI=1S/C19H22N2O3/c1-13(2)12-24-17-6-4-5-16(11-17)19(23)21-20-18(22)15-9-7-14(3)8-10-15/h4-11,13H,12H2,1-3H3,(H,20,22)(H,21,23). The molecular weight excluding hydrogens is 304 g/mol. The van der Waals surface area contributed by atoms with Crippen molar-refractivity contribution in [1.29, 1.82) is 0 Å². The van der Waals surface area contributed by atoms with Crippen molar-refractivity contribution in [3.05, 3.63) is 65.2 Å². The van der Waals surface area contributed by atoms with Crippen LogP contribution >= 0.6 is 0 Å². The Kier molecular flexibility index (Phi) is 5.95. The highest BCUT2D eigenvalue weighted by Gasteiger charge is 2.10. The topological polar surface area (TPSA) is 67.4 Å². The van der Waals surface area contributed by atoms with Gasteiger partial charge < -0.3 is 4.74 Å². The zero-order valence-corrected chi connectivity index (χ0v) is 14.1. The van der Waals surface area contributed by atoms with E-state index in [0.29, 0.717) is 29.4 Å². The molecule has 0 radical (unpaired) electrons. The van der Waals surface area contributed by atoms with Gasteiger partial charge in [0.15, 0.2) is 0 Å². The fourth-order valence-electron chi connectivity index (χ4n) is 1.95. The molecule has 5 heteroatoms. The molecule has 0 spiro atoms. The number of benzene rings is 2. The van der Waals surface area contributed by atoms with E-state index in [1.54, 1.807) is 36.4 Å². The fourth-order valence-corrected chi connectivity index (χ4v) is 1.95. The largest absolute Gasteiger partial charge is 0.493 e. The molecule has 0 atom stereocenters. The van der Waals surface area contributed by atoms with Crippen molar-refractivity contribution in [2.75, 3.05) is 6.61 Å². The van der Waals surface area contributed by atoms with Crippen LogP contribution in [0.5, 0.6) is 5.75 Å². The highest BCUT2D eigenvalue weighted by atomic mass is 16.5. The molecule has 24 heavy (non-hydrogen) atoms. The maximum absolute atomic E-state index is 12.1. The smallest absolute Gasteiger partial charge is 0.269 e. The number of amides is 2. The van der Waals surface area contributed by atoms with Gasteiger partial charge in [-0.1, -0.05) is 37.6 Å². The third-order valence-corrected chi connectivity index (χ3v) is 3.28. The van der Waals surface area contributed by atoms with Gasteiger partial charge in [-0.3, -0.25) is 20.4 Å². The van der Waals surface area contributed by atoms with Gasteiger partial charge in [0.25, 0.3) is 11.8 Å². The third kappa shape index (κ3) is 5.12. The average molecular weight is 326 g/mol. The molecule has 0 saturated carbocycles. The molecule has 126 valence electrons. The zero-order valence-electron chi connectivity index (χ0n) is 14.1. The van der Waals surface area contributed by atoms with Crippen LogP contribution in [0.4, 0.5) is 0 Å². The Morgan fingerprint density at radius 2 is 1.58 bits per heavy atom. The number of hydrogen-bond donors (Lipinski definition) is 2. The van der Waals surface area contributed by atoms with E-state index >= 15 is 0 Å². The van der Waals surface area contributed by atoms with Crippen LogP contribution in [0, 0.1) is 12.8 Å². The quantitative estimate of drug-likeness (QED) is 0.830. The molecule has 0 heterocycles. The molecule has 2 amide bonds. The first-order valence-electron chi connectivity index (χ1n) is 7.86. The Balaban J connectivity index is 1.93. The van der Waals surface area contributed by atoms with Crippen LogP contribution in [0.3, 0.4) is 0 Å². The minimum atomic E-state index is -0.398. The molecule has 0 saturated heterocycles. The minimum absolute atomic E-state index is 0.365. The summed E-state index contributed by atoms with van der Waals surface area (Å²) in [5.41, 5.74) is 6.78. The minimum Gasteiger partial charge on any atom is -0.493 e. The summed E-state index contributed by atoms with van der Waals surface area (Å²) in [6.07, 6.45) is 0. The Morgan fingerprint density at radius 1 is 0.958 bits per heavy atom. The number of ether oxygens (including phenoxy) is 1. The number of hydrazine groups is 1. The molecule has 2 aromatic carbocycles. The predicted molar refractivity (Wildman–Crippen MR) is 92.9 cm³/mol. The summed E-state index contributed by atoms with van der Waals surface area (Å²) in [5, 5.41) is 0. The second-order valence-corrected chi connectivity index (χ2v) is 6.01. The predicted octanol–water partition coefficient (Wildman–Crippen LogP) is 3.10. The molecule has 5 nitrogen and oxygen atoms in total. The third-order valence-electron chi connectivity index (χ3n) is 3.28. The normalized spacial score (nSPS) is 10.3. The van der Waals surface area contributed by atoms with Crippen molar-refractivity contribution in [1.82, 2.24) is 10.9 Å². The summed E-state index contributed by atoms with van der Waals surface area (Å²) in [6, 6.07) is 13.9. The highest BCUT2D eigenvalue weighted by Crippen LogP contribution is 2.14. The number of carbonyl (C=O) groups excluding carboxylic acids is 2. The van der Waals surface area contributed by atoms with Gasteiger partial charge in [0, 0.05) is 11.1 Å². The Labute approximate surface area is 142 Å². The van der Waals surface area contributed by atoms with Crippen LogP contribution in [0.2, 0.25) is 0 Å². The van der Waals surface area contributed by atoms with Gasteiger partial charge in [-0.2, -0.15) is 0 Å². The van der Waals surface area contributed by atoms with Crippen molar-refractivity contribution in [3.8, 4) is 5.75 Å². The van der Waals surface area contributed by atoms with E-state index in [1.807, 2.05) is 19.1 Å². The van der Waals surface area contributed by atoms with Crippen LogP contribution in [-0.2, 0) is 0 Å². The van der Waals surface area contributed by atoms with Gasteiger partial charge in [-0.25, -0.2) is 0 Å². The monoisotopic (exact) mass is 326 g/mol. The summed E-state index contributed by atoms with van der Waals surface area (Å²) >= 11 is 0. The molecule has 2 rings (SSSR count). The lowest BCUT2D eigenvalue weighted by molar-refractivity contribution is 0.0846. The SMILES string of the molecule is Cc1ccc(C(=O)NNC(=O)c2cccc(OCC(C)C)c2)cc1. The van der Waals surface area contributed by atoms with Gasteiger partial charge in [0.2, 0.25) is 0 Å². The van der Waals surface area contributed by atoms with Crippen LogP contribution in [0.1, 0.15) is 40.1 Å². The Hall–Kier alpha value is -2.82. The van der Waals surface area contributed by atoms with Crippen LogP contribution < -0.4 is 15.6 Å². The van der Waals surface area contributed by atoms with Gasteiger partial charge in [0.05, 0.1) is 6.61 Å². The van der Waals surface area contributed by atoms with Gasteiger partial charge in [-0.15, -0.1) is 0 Å². The van der Waals surface area contributed by atoms with Crippen molar-refractivity contribution in [2.45, 2.75) is 20.8 Å². The molecule has 0 aliphatic rings. The summed E-state index contributed by atoms with van der Waals surface area (Å²) in [7, 11) is 0. The van der Waals surface area contributed by atoms with E-state index < -0.39 is 5.91 Å². The lowest BCUT2D eigenvalue weighted by Gasteiger charge is -2.11. The van der Waals surface area contributed by atoms with E-state index in [9.17, 15) is 9.59 Å². The van der Waals surface area contributed by atoms with Gasteiger partial charge in [-0.05, 0) is 43.2 Å². The average Bonchev–Trinajstić information content (AvgIpc) is 2.58.